The van der Waals surface area contributed by atoms with E-state index < -0.39 is 6.10 Å². The predicted octanol–water partition coefficient (Wildman–Crippen LogP) is 4.18. The number of aliphatic hydroxyl groups is 2. The van der Waals surface area contributed by atoms with Gasteiger partial charge in [0.1, 0.15) is 11.9 Å². The molecule has 132 valence electrons. The van der Waals surface area contributed by atoms with Crippen molar-refractivity contribution in [2.75, 3.05) is 7.11 Å². The summed E-state index contributed by atoms with van der Waals surface area (Å²) < 4.78 is 5.35. The monoisotopic (exact) mass is 330 g/mol. The van der Waals surface area contributed by atoms with Crippen molar-refractivity contribution >= 4 is 0 Å². The minimum Gasteiger partial charge on any atom is -0.496 e. The SMILES string of the molecule is C=CCc1c(OC)cccc1[C@@H](O)C#CCC[C@@H](O)CCCCC. The maximum absolute atomic E-state index is 10.4. The molecule has 1 aromatic rings. The molecule has 0 fully saturated rings. The first-order valence-electron chi connectivity index (χ1n) is 8.75. The number of benzene rings is 1. The van der Waals surface area contributed by atoms with Gasteiger partial charge in [-0.3, -0.25) is 0 Å². The predicted molar refractivity (Wildman–Crippen MR) is 99.0 cm³/mol. The van der Waals surface area contributed by atoms with E-state index in [1.165, 1.54) is 0 Å². The summed E-state index contributed by atoms with van der Waals surface area (Å²) in [5.41, 5.74) is 1.67. The smallest absolute Gasteiger partial charge is 0.140 e. The van der Waals surface area contributed by atoms with Gasteiger partial charge in [0.05, 0.1) is 13.2 Å². The molecule has 3 nitrogen and oxygen atoms in total. The topological polar surface area (TPSA) is 49.7 Å². The summed E-state index contributed by atoms with van der Waals surface area (Å²) in [6, 6.07) is 5.58. The Labute approximate surface area is 146 Å². The Kier molecular flexibility index (Phi) is 9.91. The molecule has 0 saturated heterocycles. The van der Waals surface area contributed by atoms with E-state index in [-0.39, 0.29) is 6.10 Å². The molecule has 0 aliphatic heterocycles. The first kappa shape index (κ1) is 20.3. The molecule has 0 radical (unpaired) electrons. The van der Waals surface area contributed by atoms with Crippen LogP contribution in [0.15, 0.2) is 30.9 Å². The number of aliphatic hydroxyl groups excluding tert-OH is 2. The fourth-order valence-corrected chi connectivity index (χ4v) is 2.65. The molecule has 2 atom stereocenters. The van der Waals surface area contributed by atoms with Gasteiger partial charge in [0.2, 0.25) is 0 Å². The molecule has 0 aliphatic carbocycles. The summed E-state index contributed by atoms with van der Waals surface area (Å²) in [6.45, 7) is 5.91. The van der Waals surface area contributed by atoms with Crippen LogP contribution in [-0.2, 0) is 6.42 Å². The summed E-state index contributed by atoms with van der Waals surface area (Å²) in [7, 11) is 1.61. The number of unbranched alkanes of at least 4 members (excludes halogenated alkanes) is 2. The maximum atomic E-state index is 10.4. The van der Waals surface area contributed by atoms with E-state index in [9.17, 15) is 10.2 Å². The van der Waals surface area contributed by atoms with Gasteiger partial charge in [0.15, 0.2) is 0 Å². The van der Waals surface area contributed by atoms with E-state index in [2.05, 4.69) is 25.3 Å². The molecule has 0 amide bonds. The fourth-order valence-electron chi connectivity index (χ4n) is 2.65. The largest absolute Gasteiger partial charge is 0.496 e. The van der Waals surface area contributed by atoms with Crippen LogP contribution in [0.2, 0.25) is 0 Å². The molecule has 0 unspecified atom stereocenters. The van der Waals surface area contributed by atoms with Crippen molar-refractivity contribution < 1.29 is 14.9 Å². The molecule has 1 rings (SSSR count). The first-order valence-corrected chi connectivity index (χ1v) is 8.75. The average molecular weight is 330 g/mol. The Hall–Kier alpha value is -1.76. The van der Waals surface area contributed by atoms with Crippen LogP contribution in [0, 0.1) is 11.8 Å². The van der Waals surface area contributed by atoms with Gasteiger partial charge in [0.25, 0.3) is 0 Å². The van der Waals surface area contributed by atoms with Crippen LogP contribution in [0.4, 0.5) is 0 Å². The van der Waals surface area contributed by atoms with Crippen molar-refractivity contribution in [3.05, 3.63) is 42.0 Å². The summed E-state index contributed by atoms with van der Waals surface area (Å²) >= 11 is 0. The van der Waals surface area contributed by atoms with Crippen molar-refractivity contribution in [3.8, 4) is 17.6 Å². The van der Waals surface area contributed by atoms with Crippen molar-refractivity contribution in [3.63, 3.8) is 0 Å². The first-order chi connectivity index (χ1) is 11.6. The third-order valence-electron chi connectivity index (χ3n) is 4.01. The van der Waals surface area contributed by atoms with Crippen LogP contribution < -0.4 is 4.74 Å². The van der Waals surface area contributed by atoms with E-state index in [0.29, 0.717) is 19.3 Å². The maximum Gasteiger partial charge on any atom is 0.140 e. The lowest BCUT2D eigenvalue weighted by atomic mass is 9.98. The Morgan fingerprint density at radius 2 is 2.04 bits per heavy atom. The highest BCUT2D eigenvalue weighted by atomic mass is 16.5. The lowest BCUT2D eigenvalue weighted by molar-refractivity contribution is 0.152. The van der Waals surface area contributed by atoms with Gasteiger partial charge in [-0.15, -0.1) is 12.5 Å². The van der Waals surface area contributed by atoms with Gasteiger partial charge < -0.3 is 14.9 Å². The van der Waals surface area contributed by atoms with Gasteiger partial charge >= 0.3 is 0 Å². The molecule has 0 saturated carbocycles. The van der Waals surface area contributed by atoms with Gasteiger partial charge in [-0.2, -0.15) is 0 Å². The molecular formula is C21H30O3. The minimum atomic E-state index is -0.854. The van der Waals surface area contributed by atoms with E-state index in [4.69, 9.17) is 4.74 Å². The van der Waals surface area contributed by atoms with E-state index in [1.54, 1.807) is 13.2 Å². The van der Waals surface area contributed by atoms with Crippen molar-refractivity contribution in [1.82, 2.24) is 0 Å². The van der Waals surface area contributed by atoms with Crippen LogP contribution in [0.1, 0.15) is 62.7 Å². The van der Waals surface area contributed by atoms with Gasteiger partial charge in [-0.1, -0.05) is 50.3 Å². The summed E-state index contributed by atoms with van der Waals surface area (Å²) in [4.78, 5) is 0. The molecule has 0 spiro atoms. The minimum absolute atomic E-state index is 0.295. The highest BCUT2D eigenvalue weighted by Crippen LogP contribution is 2.27. The quantitative estimate of drug-likeness (QED) is 0.384. The van der Waals surface area contributed by atoms with Gasteiger partial charge in [-0.25, -0.2) is 0 Å². The van der Waals surface area contributed by atoms with Crippen molar-refractivity contribution in [1.29, 1.82) is 0 Å². The third kappa shape index (κ3) is 6.78. The van der Waals surface area contributed by atoms with E-state index in [0.717, 1.165) is 42.6 Å². The molecule has 2 N–H and O–H groups in total. The number of hydrogen-bond donors (Lipinski definition) is 2. The molecule has 24 heavy (non-hydrogen) atoms. The Morgan fingerprint density at radius 1 is 1.25 bits per heavy atom. The molecule has 0 aromatic heterocycles. The summed E-state index contributed by atoms with van der Waals surface area (Å²) in [5, 5.41) is 20.2. The molecule has 0 bridgehead atoms. The average Bonchev–Trinajstić information content (AvgIpc) is 2.59. The number of methoxy groups -OCH3 is 1. The molecule has 0 heterocycles. The van der Waals surface area contributed by atoms with Gasteiger partial charge in [-0.05, 0) is 30.9 Å². The Balaban J connectivity index is 2.62. The Bertz CT molecular complexity index is 554. The third-order valence-corrected chi connectivity index (χ3v) is 4.01. The van der Waals surface area contributed by atoms with Crippen LogP contribution in [0.3, 0.4) is 0 Å². The Morgan fingerprint density at radius 3 is 2.71 bits per heavy atom. The zero-order valence-electron chi connectivity index (χ0n) is 14.9. The number of allylic oxidation sites excluding steroid dienone is 1. The number of rotatable bonds is 10. The fraction of sp³-hybridized carbons (Fsp3) is 0.524. The second-order valence-electron chi connectivity index (χ2n) is 5.93. The molecular weight excluding hydrogens is 300 g/mol. The highest BCUT2D eigenvalue weighted by molar-refractivity contribution is 5.44. The lowest BCUT2D eigenvalue weighted by Gasteiger charge is -2.14. The van der Waals surface area contributed by atoms with Crippen LogP contribution in [-0.4, -0.2) is 23.4 Å². The highest BCUT2D eigenvalue weighted by Gasteiger charge is 2.13. The van der Waals surface area contributed by atoms with E-state index >= 15 is 0 Å². The molecule has 1 aromatic carbocycles. The lowest BCUT2D eigenvalue weighted by Crippen LogP contribution is -2.05. The zero-order chi connectivity index (χ0) is 17.8. The molecule has 0 aliphatic rings. The van der Waals surface area contributed by atoms with Crippen molar-refractivity contribution in [2.24, 2.45) is 0 Å². The zero-order valence-corrected chi connectivity index (χ0v) is 14.9. The second-order valence-corrected chi connectivity index (χ2v) is 5.93. The standard InChI is InChI=1S/C21H30O3/c1-4-6-7-12-17(22)13-8-9-15-20(23)18-14-10-16-21(24-3)19(18)11-5-2/h5,10,14,16-17,20,22-23H,2,4,6-8,11-13H2,1,3H3/t17-,20-/m0/s1. The van der Waals surface area contributed by atoms with Gasteiger partial charge in [0, 0.05) is 12.0 Å². The van der Waals surface area contributed by atoms with Crippen LogP contribution in [0.25, 0.3) is 0 Å². The summed E-state index contributed by atoms with van der Waals surface area (Å²) in [6.07, 6.45) is 6.70. The normalized spacial score (nSPS) is 12.8. The number of ether oxygens (including phenoxy) is 1. The second kappa shape index (κ2) is 11.7. The van der Waals surface area contributed by atoms with Crippen LogP contribution in [0.5, 0.6) is 5.75 Å². The van der Waals surface area contributed by atoms with Crippen LogP contribution >= 0.6 is 0 Å². The van der Waals surface area contributed by atoms with E-state index in [1.807, 2.05) is 18.2 Å². The summed E-state index contributed by atoms with van der Waals surface area (Å²) in [5.74, 6) is 6.60. The van der Waals surface area contributed by atoms with Crippen molar-refractivity contribution in [2.45, 2.75) is 64.1 Å². The number of hydrogen-bond acceptors (Lipinski definition) is 3. The molecule has 3 heteroatoms.